The van der Waals surface area contributed by atoms with Crippen molar-refractivity contribution in [1.29, 1.82) is 0 Å². The van der Waals surface area contributed by atoms with Gasteiger partial charge >= 0.3 is 18.6 Å². The van der Waals surface area contributed by atoms with Crippen LogP contribution in [0.2, 0.25) is 0 Å². The zero-order valence-electron chi connectivity index (χ0n) is 13.4. The lowest BCUT2D eigenvalue weighted by Crippen LogP contribution is -2.39. The van der Waals surface area contributed by atoms with Crippen molar-refractivity contribution in [3.05, 3.63) is 60.7 Å². The van der Waals surface area contributed by atoms with Gasteiger partial charge in [0.1, 0.15) is 0 Å². The Morgan fingerprint density at radius 2 is 1.17 bits per heavy atom. The molecular formula is C17H19N3O4. The Bertz CT molecular complexity index is 607. The molecule has 0 fully saturated rings. The van der Waals surface area contributed by atoms with E-state index in [1.54, 1.807) is 62.6 Å². The van der Waals surface area contributed by atoms with Crippen LogP contribution < -0.4 is 10.6 Å². The number of nitrogens with one attached hydrogen (secondary N) is 2. The van der Waals surface area contributed by atoms with Gasteiger partial charge in [0, 0.05) is 11.4 Å². The highest BCUT2D eigenvalue weighted by Crippen LogP contribution is 2.10. The van der Waals surface area contributed by atoms with Crippen LogP contribution in [-0.4, -0.2) is 37.6 Å². The lowest BCUT2D eigenvalue weighted by Gasteiger charge is -2.23. The fourth-order valence-corrected chi connectivity index (χ4v) is 1.76. The van der Waals surface area contributed by atoms with Crippen molar-refractivity contribution in [3.8, 4) is 0 Å². The summed E-state index contributed by atoms with van der Waals surface area (Å²) in [4.78, 5) is 25.2. The molecule has 2 rings (SSSR count). The molecule has 2 amide bonds. The first-order valence-electron chi connectivity index (χ1n) is 7.26. The number of nitrogens with zero attached hydrogens (tertiary/aromatic N) is 1. The molecule has 0 aliphatic heterocycles. The number of hydrogen-bond donors (Lipinski definition) is 2. The molecule has 7 heteroatoms. The van der Waals surface area contributed by atoms with Gasteiger partial charge in [-0.15, -0.1) is 0 Å². The molecule has 0 bridgehead atoms. The van der Waals surface area contributed by atoms with E-state index in [2.05, 4.69) is 10.6 Å². The molecule has 0 unspecified atom stereocenters. The average molecular weight is 329 g/mol. The minimum absolute atomic E-state index is 0.578. The van der Waals surface area contributed by atoms with Crippen molar-refractivity contribution in [2.75, 3.05) is 24.7 Å². The zero-order chi connectivity index (χ0) is 17.4. The minimum atomic E-state index is -1.17. The van der Waals surface area contributed by atoms with E-state index in [9.17, 15) is 9.59 Å². The summed E-state index contributed by atoms with van der Waals surface area (Å²) in [5, 5.41) is 5.10. The molecule has 0 aliphatic carbocycles. The molecule has 2 aromatic rings. The Kier molecular flexibility index (Phi) is 6.16. The van der Waals surface area contributed by atoms with Gasteiger partial charge in [0.15, 0.2) is 0 Å². The largest absolute Gasteiger partial charge is 0.415 e. The van der Waals surface area contributed by atoms with Crippen LogP contribution in [0.1, 0.15) is 0 Å². The molecule has 0 aromatic heterocycles. The van der Waals surface area contributed by atoms with Gasteiger partial charge in [0.05, 0.1) is 0 Å². The first-order valence-corrected chi connectivity index (χ1v) is 7.26. The molecule has 0 spiro atoms. The van der Waals surface area contributed by atoms with Crippen molar-refractivity contribution < 1.29 is 19.1 Å². The number of hydrogen-bond acceptors (Lipinski definition) is 5. The molecule has 2 N–H and O–H groups in total. The smallest absolute Gasteiger partial charge is 0.394 e. The molecule has 0 radical (unpaired) electrons. The number of benzene rings is 2. The number of para-hydroxylation sites is 2. The molecule has 0 saturated heterocycles. The standard InChI is InChI=1S/C17H19N3O4/c1-20(2)17(23-15(21)18-13-9-5-3-6-10-13)24-16(22)19-14-11-7-4-8-12-14/h3-12,17H,1-2H3,(H,18,21)(H,19,22). The number of carbonyl (C=O) groups excluding carboxylic acids is 2. The predicted octanol–water partition coefficient (Wildman–Crippen LogP) is 3.33. The Morgan fingerprint density at radius 1 is 0.792 bits per heavy atom. The van der Waals surface area contributed by atoms with Gasteiger partial charge in [-0.05, 0) is 38.4 Å². The van der Waals surface area contributed by atoms with Crippen LogP contribution in [0, 0.1) is 0 Å². The van der Waals surface area contributed by atoms with Crippen molar-refractivity contribution in [2.24, 2.45) is 0 Å². The Morgan fingerprint density at radius 3 is 1.50 bits per heavy atom. The van der Waals surface area contributed by atoms with Gasteiger partial charge in [-0.25, -0.2) is 14.5 Å². The van der Waals surface area contributed by atoms with Crippen LogP contribution in [0.25, 0.3) is 0 Å². The monoisotopic (exact) mass is 329 g/mol. The molecule has 0 saturated carbocycles. The summed E-state index contributed by atoms with van der Waals surface area (Å²) in [6, 6.07) is 17.7. The normalized spacial score (nSPS) is 10.3. The van der Waals surface area contributed by atoms with E-state index >= 15 is 0 Å². The van der Waals surface area contributed by atoms with Crippen molar-refractivity contribution in [2.45, 2.75) is 6.41 Å². The van der Waals surface area contributed by atoms with Gasteiger partial charge in [-0.2, -0.15) is 0 Å². The van der Waals surface area contributed by atoms with Gasteiger partial charge < -0.3 is 9.47 Å². The molecule has 0 aliphatic rings. The van der Waals surface area contributed by atoms with E-state index in [0.717, 1.165) is 0 Å². The van der Waals surface area contributed by atoms with Crippen molar-refractivity contribution >= 4 is 23.6 Å². The van der Waals surface area contributed by atoms with E-state index in [0.29, 0.717) is 11.4 Å². The highest BCUT2D eigenvalue weighted by atomic mass is 16.7. The van der Waals surface area contributed by atoms with Crippen LogP contribution in [0.4, 0.5) is 21.0 Å². The Balaban J connectivity index is 1.89. The second kappa shape index (κ2) is 8.54. The average Bonchev–Trinajstić information content (AvgIpc) is 2.56. The maximum Gasteiger partial charge on any atom is 0.415 e. The van der Waals surface area contributed by atoms with Crippen LogP contribution in [-0.2, 0) is 9.47 Å². The molecular weight excluding hydrogens is 310 g/mol. The highest BCUT2D eigenvalue weighted by molar-refractivity contribution is 5.86. The Hall–Kier alpha value is -3.06. The van der Waals surface area contributed by atoms with Crippen LogP contribution in [0.15, 0.2) is 60.7 Å². The highest BCUT2D eigenvalue weighted by Gasteiger charge is 2.21. The third-order valence-electron chi connectivity index (χ3n) is 2.88. The van der Waals surface area contributed by atoms with Gasteiger partial charge in [0.2, 0.25) is 0 Å². The Labute approximate surface area is 140 Å². The number of ether oxygens (including phenoxy) is 2. The second-order valence-corrected chi connectivity index (χ2v) is 5.06. The zero-order valence-corrected chi connectivity index (χ0v) is 13.4. The summed E-state index contributed by atoms with van der Waals surface area (Å²) in [7, 11) is 3.24. The lowest BCUT2D eigenvalue weighted by atomic mass is 10.3. The molecule has 126 valence electrons. The maximum atomic E-state index is 11.9. The summed E-state index contributed by atoms with van der Waals surface area (Å²) in [5.74, 6) is 0. The number of anilines is 2. The predicted molar refractivity (Wildman–Crippen MR) is 90.6 cm³/mol. The van der Waals surface area contributed by atoms with Gasteiger partial charge in [-0.3, -0.25) is 10.6 Å². The number of carbonyl (C=O) groups is 2. The summed E-state index contributed by atoms with van der Waals surface area (Å²) in [6.45, 7) is 0. The van der Waals surface area contributed by atoms with E-state index < -0.39 is 18.6 Å². The summed E-state index contributed by atoms with van der Waals surface area (Å²) < 4.78 is 10.2. The first-order chi connectivity index (χ1) is 11.5. The van der Waals surface area contributed by atoms with Crippen molar-refractivity contribution in [1.82, 2.24) is 4.90 Å². The van der Waals surface area contributed by atoms with Crippen LogP contribution in [0.5, 0.6) is 0 Å². The van der Waals surface area contributed by atoms with E-state index in [1.807, 2.05) is 12.1 Å². The third kappa shape index (κ3) is 5.62. The van der Waals surface area contributed by atoms with Crippen molar-refractivity contribution in [3.63, 3.8) is 0 Å². The summed E-state index contributed by atoms with van der Waals surface area (Å²) in [5.41, 5.74) is 1.16. The van der Waals surface area contributed by atoms with E-state index in [1.165, 1.54) is 4.90 Å². The molecule has 0 heterocycles. The fourth-order valence-electron chi connectivity index (χ4n) is 1.76. The number of rotatable bonds is 5. The topological polar surface area (TPSA) is 79.9 Å². The fraction of sp³-hybridized carbons (Fsp3) is 0.176. The lowest BCUT2D eigenvalue weighted by molar-refractivity contribution is -0.133. The number of amides is 2. The SMILES string of the molecule is CN(C)C(OC(=O)Nc1ccccc1)OC(=O)Nc1ccccc1. The minimum Gasteiger partial charge on any atom is -0.394 e. The van der Waals surface area contributed by atoms with E-state index in [-0.39, 0.29) is 0 Å². The van der Waals surface area contributed by atoms with Crippen LogP contribution in [0.3, 0.4) is 0 Å². The third-order valence-corrected chi connectivity index (χ3v) is 2.88. The second-order valence-electron chi connectivity index (χ2n) is 5.06. The van der Waals surface area contributed by atoms with Gasteiger partial charge in [-0.1, -0.05) is 36.4 Å². The molecule has 7 nitrogen and oxygen atoms in total. The molecule has 2 aromatic carbocycles. The summed E-state index contributed by atoms with van der Waals surface area (Å²) >= 11 is 0. The van der Waals surface area contributed by atoms with E-state index in [4.69, 9.17) is 9.47 Å². The maximum absolute atomic E-state index is 11.9. The first kappa shape index (κ1) is 17.3. The van der Waals surface area contributed by atoms with Gasteiger partial charge in [0.25, 0.3) is 0 Å². The molecule has 24 heavy (non-hydrogen) atoms. The summed E-state index contributed by atoms with van der Waals surface area (Å²) in [6.07, 6.45) is -2.63. The quantitative estimate of drug-likeness (QED) is 0.823. The van der Waals surface area contributed by atoms with Crippen LogP contribution >= 0.6 is 0 Å². The molecule has 0 atom stereocenters.